The summed E-state index contributed by atoms with van der Waals surface area (Å²) in [6.45, 7) is 2.55. The van der Waals surface area contributed by atoms with Crippen LogP contribution in [0.4, 0.5) is 4.79 Å². The normalized spacial score (nSPS) is 21.2. The van der Waals surface area contributed by atoms with Gasteiger partial charge in [-0.1, -0.05) is 17.3 Å². The van der Waals surface area contributed by atoms with E-state index in [9.17, 15) is 9.59 Å². The lowest BCUT2D eigenvalue weighted by Crippen LogP contribution is -2.47. The Labute approximate surface area is 151 Å². The Morgan fingerprint density at radius 1 is 1.23 bits per heavy atom. The van der Waals surface area contributed by atoms with Crippen molar-refractivity contribution in [2.45, 2.75) is 37.8 Å². The zero-order valence-corrected chi connectivity index (χ0v) is 14.6. The number of piperidine rings is 1. The van der Waals surface area contributed by atoms with Crippen LogP contribution in [0.15, 0.2) is 29.1 Å². The molecule has 0 aliphatic carbocycles. The van der Waals surface area contributed by atoms with Crippen LogP contribution >= 0.6 is 0 Å². The van der Waals surface area contributed by atoms with E-state index < -0.39 is 0 Å². The van der Waals surface area contributed by atoms with Gasteiger partial charge < -0.3 is 15.0 Å². The van der Waals surface area contributed by atoms with Gasteiger partial charge in [0.1, 0.15) is 5.52 Å². The monoisotopic (exact) mass is 357 g/mol. The van der Waals surface area contributed by atoms with Crippen LogP contribution in [-0.4, -0.2) is 58.3 Å². The molecule has 3 heterocycles. The molecule has 1 aromatic heterocycles. The van der Waals surface area contributed by atoms with Crippen LogP contribution in [0.1, 0.15) is 31.7 Å². The Bertz CT molecular complexity index is 838. The van der Waals surface area contributed by atoms with Crippen LogP contribution in [0.3, 0.4) is 0 Å². The minimum atomic E-state index is -0.114. The number of nitrogens with one attached hydrogen (secondary N) is 1. The van der Waals surface area contributed by atoms with Crippen molar-refractivity contribution in [3.63, 3.8) is 0 Å². The smallest absolute Gasteiger partial charge is 0.317 e. The molecule has 138 valence electrons. The molecule has 2 aliphatic heterocycles. The van der Waals surface area contributed by atoms with E-state index in [0.29, 0.717) is 43.4 Å². The van der Waals surface area contributed by atoms with Gasteiger partial charge in [0.25, 0.3) is 5.56 Å². The fraction of sp³-hybridized carbons (Fsp3) is 0.556. The number of carbonyl (C=O) groups is 1. The Hall–Kier alpha value is -2.48. The molecule has 2 aliphatic rings. The number of urea groups is 1. The van der Waals surface area contributed by atoms with Crippen molar-refractivity contribution in [2.24, 2.45) is 0 Å². The van der Waals surface area contributed by atoms with Gasteiger partial charge in [-0.25, -0.2) is 9.48 Å². The molecule has 4 rings (SSSR count). The summed E-state index contributed by atoms with van der Waals surface area (Å²) in [5.41, 5.74) is 0.497. The predicted octanol–water partition coefficient (Wildman–Crippen LogP) is 1.32. The second kappa shape index (κ2) is 7.41. The van der Waals surface area contributed by atoms with E-state index in [1.54, 1.807) is 17.0 Å². The number of likely N-dealkylation sites (tertiary alicyclic amines) is 1. The second-order valence-corrected chi connectivity index (χ2v) is 6.90. The molecule has 1 N–H and O–H groups in total. The second-order valence-electron chi connectivity index (χ2n) is 6.90. The molecule has 0 radical (unpaired) electrons. The van der Waals surface area contributed by atoms with E-state index in [1.165, 1.54) is 4.68 Å². The molecule has 8 nitrogen and oxygen atoms in total. The van der Waals surface area contributed by atoms with E-state index in [1.807, 2.05) is 12.1 Å². The molecular weight excluding hydrogens is 334 g/mol. The minimum absolute atomic E-state index is 0.0261. The van der Waals surface area contributed by atoms with Crippen LogP contribution in [0.25, 0.3) is 10.9 Å². The summed E-state index contributed by atoms with van der Waals surface area (Å²) >= 11 is 0. The van der Waals surface area contributed by atoms with Crippen LogP contribution in [0.5, 0.6) is 0 Å². The molecule has 1 unspecified atom stereocenters. The fourth-order valence-electron chi connectivity index (χ4n) is 3.67. The van der Waals surface area contributed by atoms with Crippen molar-refractivity contribution in [3.8, 4) is 0 Å². The molecule has 0 saturated carbocycles. The standard InChI is InChI=1S/C18H23N5O3/c24-17-15-5-1-2-6-16(15)20-21-23(17)13-7-9-22(10-8-13)18(25)19-12-14-4-3-11-26-14/h1-2,5-6,13-14H,3-4,7-12H2,(H,19,25). The number of amides is 2. The van der Waals surface area contributed by atoms with Crippen molar-refractivity contribution in [2.75, 3.05) is 26.2 Å². The summed E-state index contributed by atoms with van der Waals surface area (Å²) in [5.74, 6) is 0. The average molecular weight is 357 g/mol. The summed E-state index contributed by atoms with van der Waals surface area (Å²) < 4.78 is 7.00. The van der Waals surface area contributed by atoms with Gasteiger partial charge in [-0.15, -0.1) is 5.10 Å². The zero-order valence-electron chi connectivity index (χ0n) is 14.6. The van der Waals surface area contributed by atoms with Crippen LogP contribution in [-0.2, 0) is 4.74 Å². The first-order valence-electron chi connectivity index (χ1n) is 9.21. The highest BCUT2D eigenvalue weighted by atomic mass is 16.5. The van der Waals surface area contributed by atoms with E-state index in [4.69, 9.17) is 4.74 Å². The van der Waals surface area contributed by atoms with Gasteiger partial charge in [-0.2, -0.15) is 0 Å². The quantitative estimate of drug-likeness (QED) is 0.895. The van der Waals surface area contributed by atoms with Gasteiger partial charge in [-0.3, -0.25) is 4.79 Å². The predicted molar refractivity (Wildman–Crippen MR) is 96.0 cm³/mol. The molecule has 0 bridgehead atoms. The van der Waals surface area contributed by atoms with Crippen molar-refractivity contribution in [1.29, 1.82) is 0 Å². The van der Waals surface area contributed by atoms with Crippen molar-refractivity contribution in [3.05, 3.63) is 34.6 Å². The topological polar surface area (TPSA) is 89.3 Å². The third-order valence-corrected chi connectivity index (χ3v) is 5.19. The lowest BCUT2D eigenvalue weighted by atomic mass is 10.1. The first-order valence-corrected chi connectivity index (χ1v) is 9.21. The third-order valence-electron chi connectivity index (χ3n) is 5.19. The number of aromatic nitrogens is 3. The van der Waals surface area contributed by atoms with Crippen molar-refractivity contribution >= 4 is 16.9 Å². The number of rotatable bonds is 3. The Kier molecular flexibility index (Phi) is 4.83. The molecule has 8 heteroatoms. The molecule has 2 amide bonds. The zero-order chi connectivity index (χ0) is 17.9. The summed E-state index contributed by atoms with van der Waals surface area (Å²) in [6, 6.07) is 7.15. The maximum atomic E-state index is 12.6. The first-order chi connectivity index (χ1) is 12.7. The van der Waals surface area contributed by atoms with Gasteiger partial charge >= 0.3 is 6.03 Å². The fourth-order valence-corrected chi connectivity index (χ4v) is 3.67. The molecule has 2 aromatic rings. The van der Waals surface area contributed by atoms with Gasteiger partial charge in [0.15, 0.2) is 0 Å². The molecule has 0 spiro atoms. The number of hydrogen-bond donors (Lipinski definition) is 1. The Morgan fingerprint density at radius 2 is 2.04 bits per heavy atom. The summed E-state index contributed by atoms with van der Waals surface area (Å²) in [5, 5.41) is 11.8. The molecular formula is C18H23N5O3. The van der Waals surface area contributed by atoms with E-state index >= 15 is 0 Å². The van der Waals surface area contributed by atoms with Crippen molar-refractivity contribution < 1.29 is 9.53 Å². The summed E-state index contributed by atoms with van der Waals surface area (Å²) in [7, 11) is 0. The van der Waals surface area contributed by atoms with Gasteiger partial charge in [-0.05, 0) is 37.8 Å². The molecule has 1 atom stereocenters. The van der Waals surface area contributed by atoms with Gasteiger partial charge in [0.05, 0.1) is 17.5 Å². The molecule has 26 heavy (non-hydrogen) atoms. The number of benzene rings is 1. The first kappa shape index (κ1) is 17.0. The average Bonchev–Trinajstić information content (AvgIpc) is 3.20. The lowest BCUT2D eigenvalue weighted by molar-refractivity contribution is 0.107. The van der Waals surface area contributed by atoms with Crippen LogP contribution < -0.4 is 10.9 Å². The Morgan fingerprint density at radius 3 is 2.81 bits per heavy atom. The third kappa shape index (κ3) is 3.41. The molecule has 1 aromatic carbocycles. The summed E-state index contributed by atoms with van der Waals surface area (Å²) in [6.07, 6.45) is 3.60. The SMILES string of the molecule is O=C(NCC1CCCO1)N1CCC(n2nnc3ccccc3c2=O)CC1. The van der Waals surface area contributed by atoms with Crippen molar-refractivity contribution in [1.82, 2.24) is 25.2 Å². The number of hydrogen-bond acceptors (Lipinski definition) is 5. The van der Waals surface area contributed by atoms with E-state index in [-0.39, 0.29) is 23.7 Å². The maximum Gasteiger partial charge on any atom is 0.317 e. The highest BCUT2D eigenvalue weighted by Crippen LogP contribution is 2.21. The number of fused-ring (bicyclic) bond motifs is 1. The number of ether oxygens (including phenoxy) is 1. The van der Waals surface area contributed by atoms with Crippen LogP contribution in [0, 0.1) is 0 Å². The number of nitrogens with zero attached hydrogens (tertiary/aromatic N) is 4. The Balaban J connectivity index is 1.36. The highest BCUT2D eigenvalue weighted by Gasteiger charge is 2.26. The van der Waals surface area contributed by atoms with Gasteiger partial charge in [0.2, 0.25) is 0 Å². The van der Waals surface area contributed by atoms with Crippen LogP contribution in [0.2, 0.25) is 0 Å². The lowest BCUT2D eigenvalue weighted by Gasteiger charge is -2.32. The molecule has 2 fully saturated rings. The number of carbonyl (C=O) groups excluding carboxylic acids is 1. The summed E-state index contributed by atoms with van der Waals surface area (Å²) in [4.78, 5) is 26.7. The maximum absolute atomic E-state index is 12.6. The molecule has 2 saturated heterocycles. The van der Waals surface area contributed by atoms with E-state index in [0.717, 1.165) is 19.4 Å². The minimum Gasteiger partial charge on any atom is -0.376 e. The van der Waals surface area contributed by atoms with Gasteiger partial charge in [0, 0.05) is 26.2 Å². The highest BCUT2D eigenvalue weighted by molar-refractivity contribution is 5.76. The largest absolute Gasteiger partial charge is 0.376 e. The van der Waals surface area contributed by atoms with E-state index in [2.05, 4.69) is 15.6 Å².